The first-order chi connectivity index (χ1) is 10.3. The van der Waals surface area contributed by atoms with E-state index in [2.05, 4.69) is 21.4 Å². The maximum Gasteiger partial charge on any atom is 0.116 e. The second kappa shape index (κ2) is 5.09. The number of aryl methyl sites for hydroxylation is 1. The molecule has 1 unspecified atom stereocenters. The van der Waals surface area contributed by atoms with Gasteiger partial charge in [0, 0.05) is 28.9 Å². The van der Waals surface area contributed by atoms with Crippen LogP contribution in [0.5, 0.6) is 0 Å². The van der Waals surface area contributed by atoms with Crippen molar-refractivity contribution in [1.82, 2.24) is 9.97 Å². The molecule has 3 heterocycles. The van der Waals surface area contributed by atoms with Crippen molar-refractivity contribution in [3.8, 4) is 0 Å². The number of thiophene rings is 1. The van der Waals surface area contributed by atoms with Crippen molar-refractivity contribution < 1.29 is 5.11 Å². The van der Waals surface area contributed by atoms with Crippen molar-refractivity contribution >= 4 is 27.2 Å². The number of nitrogens with zero attached hydrogens (tertiary/aromatic N) is 2. The summed E-state index contributed by atoms with van der Waals surface area (Å²) in [5.41, 5.74) is 4.23. The Balaban J connectivity index is 1.79. The lowest BCUT2D eigenvalue weighted by atomic mass is 9.96. The van der Waals surface area contributed by atoms with Crippen LogP contribution < -0.4 is 5.32 Å². The van der Waals surface area contributed by atoms with Crippen LogP contribution >= 0.6 is 11.3 Å². The smallest absolute Gasteiger partial charge is 0.116 e. The fourth-order valence-corrected chi connectivity index (χ4v) is 3.85. The van der Waals surface area contributed by atoms with Crippen molar-refractivity contribution in [2.45, 2.75) is 18.9 Å². The number of para-hydroxylation sites is 1. The van der Waals surface area contributed by atoms with E-state index in [0.29, 0.717) is 0 Å². The van der Waals surface area contributed by atoms with E-state index in [9.17, 15) is 5.11 Å². The molecule has 0 aliphatic carbocycles. The molecule has 1 atom stereocenters. The number of aliphatic hydroxyl groups is 1. The molecule has 2 N–H and O–H groups in total. The van der Waals surface area contributed by atoms with Crippen molar-refractivity contribution in [3.05, 3.63) is 52.8 Å². The Hall–Kier alpha value is -1.98. The van der Waals surface area contributed by atoms with Crippen LogP contribution in [0.2, 0.25) is 0 Å². The first-order valence-corrected chi connectivity index (χ1v) is 7.88. The van der Waals surface area contributed by atoms with Crippen LogP contribution in [0.3, 0.4) is 0 Å². The molecule has 1 aliphatic rings. The molecular formula is C16H15N3OS. The van der Waals surface area contributed by atoms with Gasteiger partial charge in [0.15, 0.2) is 0 Å². The summed E-state index contributed by atoms with van der Waals surface area (Å²) in [4.78, 5) is 9.18. The van der Waals surface area contributed by atoms with E-state index in [1.165, 1.54) is 11.9 Å². The van der Waals surface area contributed by atoms with Crippen molar-refractivity contribution in [2.75, 3.05) is 11.9 Å². The van der Waals surface area contributed by atoms with Gasteiger partial charge in [-0.15, -0.1) is 11.3 Å². The lowest BCUT2D eigenvalue weighted by Crippen LogP contribution is -2.15. The minimum atomic E-state index is -0.621. The minimum Gasteiger partial charge on any atom is -0.384 e. The Labute approximate surface area is 126 Å². The van der Waals surface area contributed by atoms with Gasteiger partial charge >= 0.3 is 0 Å². The summed E-state index contributed by atoms with van der Waals surface area (Å²) in [5, 5.41) is 14.2. The maximum absolute atomic E-state index is 10.8. The van der Waals surface area contributed by atoms with Gasteiger partial charge in [-0.1, -0.05) is 18.2 Å². The van der Waals surface area contributed by atoms with Gasteiger partial charge in [-0.25, -0.2) is 9.97 Å². The zero-order valence-electron chi connectivity index (χ0n) is 11.4. The first-order valence-electron chi connectivity index (χ1n) is 7.06. The molecule has 5 heteroatoms. The molecule has 0 saturated heterocycles. The van der Waals surface area contributed by atoms with Crippen LogP contribution in [-0.2, 0) is 6.42 Å². The third-order valence-corrected chi connectivity index (χ3v) is 5.00. The normalized spacial score (nSPS) is 15.5. The zero-order chi connectivity index (χ0) is 14.2. The molecule has 4 rings (SSSR count). The zero-order valence-corrected chi connectivity index (χ0v) is 12.2. The number of benzene rings is 1. The van der Waals surface area contributed by atoms with Gasteiger partial charge < -0.3 is 10.4 Å². The summed E-state index contributed by atoms with van der Waals surface area (Å²) in [6.45, 7) is 0.967. The Morgan fingerprint density at radius 3 is 3.19 bits per heavy atom. The maximum atomic E-state index is 10.8. The Morgan fingerprint density at radius 2 is 2.29 bits per heavy atom. The second-order valence-corrected chi connectivity index (χ2v) is 6.35. The molecule has 0 saturated carbocycles. The monoisotopic (exact) mass is 297 g/mol. The van der Waals surface area contributed by atoms with Crippen LogP contribution in [0, 0.1) is 0 Å². The topological polar surface area (TPSA) is 58.0 Å². The van der Waals surface area contributed by atoms with E-state index >= 15 is 0 Å². The highest BCUT2D eigenvalue weighted by molar-refractivity contribution is 7.19. The van der Waals surface area contributed by atoms with Crippen LogP contribution in [-0.4, -0.2) is 21.6 Å². The van der Waals surface area contributed by atoms with Gasteiger partial charge in [0.05, 0.1) is 10.2 Å². The summed E-state index contributed by atoms with van der Waals surface area (Å²) in [6, 6.07) is 8.11. The fourth-order valence-electron chi connectivity index (χ4n) is 2.86. The highest BCUT2D eigenvalue weighted by Crippen LogP contribution is 2.37. The predicted molar refractivity (Wildman–Crippen MR) is 84.7 cm³/mol. The van der Waals surface area contributed by atoms with Crippen molar-refractivity contribution in [1.29, 1.82) is 0 Å². The molecule has 1 aromatic carbocycles. The highest BCUT2D eigenvalue weighted by Gasteiger charge is 2.20. The molecule has 0 bridgehead atoms. The first kappa shape index (κ1) is 12.7. The Morgan fingerprint density at radius 1 is 1.33 bits per heavy atom. The lowest BCUT2D eigenvalue weighted by Gasteiger charge is -2.23. The molecule has 21 heavy (non-hydrogen) atoms. The van der Waals surface area contributed by atoms with Crippen LogP contribution in [0.4, 0.5) is 5.69 Å². The number of aliphatic hydroxyl groups excluding tert-OH is 1. The summed E-state index contributed by atoms with van der Waals surface area (Å²) in [7, 11) is 0. The largest absolute Gasteiger partial charge is 0.384 e. The molecule has 3 aromatic rings. The molecule has 0 fully saturated rings. The number of rotatable bonds is 2. The van der Waals surface area contributed by atoms with Gasteiger partial charge in [0.2, 0.25) is 0 Å². The summed E-state index contributed by atoms with van der Waals surface area (Å²) >= 11 is 1.55. The molecule has 106 valence electrons. The number of anilines is 1. The summed E-state index contributed by atoms with van der Waals surface area (Å²) in [6.07, 6.45) is 4.93. The van der Waals surface area contributed by atoms with E-state index in [-0.39, 0.29) is 0 Å². The van der Waals surface area contributed by atoms with E-state index in [4.69, 9.17) is 0 Å². The van der Waals surface area contributed by atoms with Gasteiger partial charge in [0.25, 0.3) is 0 Å². The molecule has 2 aromatic heterocycles. The number of hydrogen-bond donors (Lipinski definition) is 2. The average Bonchev–Trinajstić information content (AvgIpc) is 2.97. The number of nitrogens with one attached hydrogen (secondary N) is 1. The fraction of sp³-hybridized carbons (Fsp3) is 0.250. The standard InChI is InChI=1S/C16H15N3OS/c20-16(13-7-12-14(21-13)8-17-9-19-12)11-5-1-3-10-4-2-6-18-15(10)11/h1,3,5,7-9,16,18,20H,2,4,6H2. The van der Waals surface area contributed by atoms with Crippen LogP contribution in [0.25, 0.3) is 10.2 Å². The number of fused-ring (bicyclic) bond motifs is 2. The molecular weight excluding hydrogens is 282 g/mol. The third-order valence-electron chi connectivity index (χ3n) is 3.89. The lowest BCUT2D eigenvalue weighted by molar-refractivity contribution is 0.224. The molecule has 0 spiro atoms. The van der Waals surface area contributed by atoms with Crippen LogP contribution in [0.15, 0.2) is 36.8 Å². The third kappa shape index (κ3) is 2.18. The molecule has 0 radical (unpaired) electrons. The SMILES string of the molecule is OC(c1cc2ncncc2s1)c1cccc2c1NCCC2. The molecule has 1 aliphatic heterocycles. The van der Waals surface area contributed by atoms with Crippen molar-refractivity contribution in [3.63, 3.8) is 0 Å². The van der Waals surface area contributed by atoms with Gasteiger partial charge in [-0.3, -0.25) is 0 Å². The Kier molecular flexibility index (Phi) is 3.09. The minimum absolute atomic E-state index is 0.621. The van der Waals surface area contributed by atoms with E-state index < -0.39 is 6.10 Å². The predicted octanol–water partition coefficient (Wildman–Crippen LogP) is 3.13. The summed E-state index contributed by atoms with van der Waals surface area (Å²) < 4.78 is 1.00. The molecule has 0 amide bonds. The van der Waals surface area contributed by atoms with Gasteiger partial charge in [-0.05, 0) is 24.5 Å². The quantitative estimate of drug-likeness (QED) is 0.763. The second-order valence-electron chi connectivity index (χ2n) is 5.24. The van der Waals surface area contributed by atoms with E-state index in [1.807, 2.05) is 18.2 Å². The Bertz CT molecular complexity index is 766. The summed E-state index contributed by atoms with van der Waals surface area (Å²) in [5.74, 6) is 0. The van der Waals surface area contributed by atoms with Gasteiger partial charge in [-0.2, -0.15) is 0 Å². The van der Waals surface area contributed by atoms with Gasteiger partial charge in [0.1, 0.15) is 12.4 Å². The number of aromatic nitrogens is 2. The van der Waals surface area contributed by atoms with E-state index in [0.717, 1.165) is 45.7 Å². The van der Waals surface area contributed by atoms with Crippen LogP contribution in [0.1, 0.15) is 28.5 Å². The molecule has 4 nitrogen and oxygen atoms in total. The highest BCUT2D eigenvalue weighted by atomic mass is 32.1. The number of hydrogen-bond acceptors (Lipinski definition) is 5. The average molecular weight is 297 g/mol. The van der Waals surface area contributed by atoms with E-state index in [1.54, 1.807) is 17.5 Å². The van der Waals surface area contributed by atoms with Crippen molar-refractivity contribution in [2.24, 2.45) is 0 Å².